The highest BCUT2D eigenvalue weighted by molar-refractivity contribution is 14.0. The lowest BCUT2D eigenvalue weighted by Crippen LogP contribution is -2.23. The first-order valence-corrected chi connectivity index (χ1v) is 8.39. The number of benzene rings is 2. The Labute approximate surface area is 182 Å². The van der Waals surface area contributed by atoms with Crippen LogP contribution in [0.25, 0.3) is 0 Å². The predicted octanol–water partition coefficient (Wildman–Crippen LogP) is 4.86. The topological polar surface area (TPSA) is 103 Å². The quantitative estimate of drug-likeness (QED) is 0.128. The van der Waals surface area contributed by atoms with Crippen molar-refractivity contribution in [2.24, 2.45) is 10.7 Å². The number of hydrogen-bond acceptors (Lipinski definition) is 4. The molecule has 0 atom stereocenters. The Hall–Kier alpha value is -2.57. The molecular weight excluding hydrogens is 504 g/mol. The van der Waals surface area contributed by atoms with Crippen LogP contribution in [-0.2, 0) is 6.42 Å². The molecule has 0 aromatic heterocycles. The lowest BCUT2D eigenvalue weighted by molar-refractivity contribution is -0.384. The number of ether oxygens (including phenoxy) is 1. The van der Waals surface area contributed by atoms with Gasteiger partial charge < -0.3 is 15.8 Å². The van der Waals surface area contributed by atoms with E-state index in [1.165, 1.54) is 36.4 Å². The molecule has 0 aliphatic rings. The van der Waals surface area contributed by atoms with Crippen LogP contribution in [0, 0.1) is 10.1 Å². The van der Waals surface area contributed by atoms with Gasteiger partial charge in [0.2, 0.25) is 0 Å². The van der Waals surface area contributed by atoms with Crippen molar-refractivity contribution in [3.8, 4) is 5.75 Å². The van der Waals surface area contributed by atoms with Gasteiger partial charge in [-0.25, -0.2) is 0 Å². The van der Waals surface area contributed by atoms with Gasteiger partial charge in [0.1, 0.15) is 5.75 Å². The fourth-order valence-electron chi connectivity index (χ4n) is 2.35. The Bertz CT molecular complexity index is 813. The molecule has 29 heavy (non-hydrogen) atoms. The number of hydrogen-bond donors (Lipinski definition) is 2. The summed E-state index contributed by atoms with van der Waals surface area (Å²) in [6.07, 6.45) is -2.37. The fourth-order valence-corrected chi connectivity index (χ4v) is 2.35. The van der Waals surface area contributed by atoms with Crippen molar-refractivity contribution in [3.05, 3.63) is 64.2 Å². The smallest absolute Gasteiger partial charge is 0.406 e. The number of nitrogens with one attached hydrogen (secondary N) is 1. The van der Waals surface area contributed by atoms with Crippen LogP contribution in [0.15, 0.2) is 53.5 Å². The molecule has 0 fully saturated rings. The summed E-state index contributed by atoms with van der Waals surface area (Å²) in [5.74, 6) is -0.167. The maximum absolute atomic E-state index is 12.1. The van der Waals surface area contributed by atoms with E-state index in [2.05, 4.69) is 15.0 Å². The molecule has 0 unspecified atom stereocenters. The van der Waals surface area contributed by atoms with Gasteiger partial charge in [-0.1, -0.05) is 12.1 Å². The molecule has 0 spiro atoms. The minimum absolute atomic E-state index is 0. The molecule has 2 aromatic rings. The van der Waals surface area contributed by atoms with Gasteiger partial charge in [-0.2, -0.15) is 0 Å². The van der Waals surface area contributed by atoms with Crippen molar-refractivity contribution >= 4 is 41.3 Å². The number of anilines is 1. The second-order valence-electron chi connectivity index (χ2n) is 5.84. The van der Waals surface area contributed by atoms with E-state index in [0.717, 1.165) is 24.8 Å². The van der Waals surface area contributed by atoms with Crippen molar-refractivity contribution in [1.82, 2.24) is 0 Å². The third kappa shape index (κ3) is 9.45. The number of nitro benzene ring substituents is 1. The minimum atomic E-state index is -4.73. The van der Waals surface area contributed by atoms with Crippen LogP contribution in [0.5, 0.6) is 5.75 Å². The monoisotopic (exact) mass is 524 g/mol. The number of halogens is 4. The predicted molar refractivity (Wildman–Crippen MR) is 115 cm³/mol. The average molecular weight is 524 g/mol. The summed E-state index contributed by atoms with van der Waals surface area (Å²) in [7, 11) is 0. The maximum Gasteiger partial charge on any atom is 0.573 e. The number of nitrogens with two attached hydrogens (primary N) is 1. The standard InChI is InChI=1S/C18H19F3N4O3.HI/c19-18(20,21)28-16-10-6-14(7-11-16)24-17(22)23-12-2-1-3-13-4-8-15(9-5-13)25(26)27;/h4-11H,1-3,12H2,(H3,22,23,24);1H. The van der Waals surface area contributed by atoms with Crippen LogP contribution < -0.4 is 15.8 Å². The summed E-state index contributed by atoms with van der Waals surface area (Å²) in [6, 6.07) is 11.5. The van der Waals surface area contributed by atoms with E-state index < -0.39 is 11.3 Å². The van der Waals surface area contributed by atoms with Gasteiger partial charge in [0, 0.05) is 24.4 Å². The molecular formula is C18H20F3IN4O3. The zero-order valence-electron chi connectivity index (χ0n) is 15.2. The zero-order chi connectivity index (χ0) is 20.6. The molecule has 0 bridgehead atoms. The van der Waals surface area contributed by atoms with Crippen LogP contribution in [0.2, 0.25) is 0 Å². The highest BCUT2D eigenvalue weighted by Crippen LogP contribution is 2.23. The molecule has 7 nitrogen and oxygen atoms in total. The Morgan fingerprint density at radius 2 is 1.72 bits per heavy atom. The largest absolute Gasteiger partial charge is 0.573 e. The maximum atomic E-state index is 12.1. The molecule has 158 valence electrons. The summed E-state index contributed by atoms with van der Waals surface area (Å²) in [5.41, 5.74) is 7.30. The van der Waals surface area contributed by atoms with Crippen molar-refractivity contribution in [3.63, 3.8) is 0 Å². The van der Waals surface area contributed by atoms with Crippen LogP contribution in [0.1, 0.15) is 18.4 Å². The minimum Gasteiger partial charge on any atom is -0.406 e. The van der Waals surface area contributed by atoms with E-state index in [0.29, 0.717) is 12.2 Å². The van der Waals surface area contributed by atoms with Gasteiger partial charge in [-0.3, -0.25) is 15.1 Å². The lowest BCUT2D eigenvalue weighted by Gasteiger charge is -2.10. The average Bonchev–Trinajstić information content (AvgIpc) is 2.62. The summed E-state index contributed by atoms with van der Waals surface area (Å²) in [6.45, 7) is 0.473. The Balaban J connectivity index is 0.00000420. The molecule has 0 heterocycles. The summed E-state index contributed by atoms with van der Waals surface area (Å²) < 4.78 is 40.1. The van der Waals surface area contributed by atoms with E-state index in [-0.39, 0.29) is 41.4 Å². The summed E-state index contributed by atoms with van der Waals surface area (Å²) in [5, 5.41) is 13.4. The van der Waals surface area contributed by atoms with Gasteiger partial charge in [0.05, 0.1) is 4.92 Å². The number of nitrogens with zero attached hydrogens (tertiary/aromatic N) is 2. The van der Waals surface area contributed by atoms with E-state index in [1.807, 2.05) is 0 Å². The third-order valence-electron chi connectivity index (χ3n) is 3.66. The third-order valence-corrected chi connectivity index (χ3v) is 3.66. The van der Waals surface area contributed by atoms with Crippen LogP contribution >= 0.6 is 24.0 Å². The van der Waals surface area contributed by atoms with E-state index in [9.17, 15) is 23.3 Å². The Morgan fingerprint density at radius 1 is 1.10 bits per heavy atom. The van der Waals surface area contributed by atoms with Crippen molar-refractivity contribution in [1.29, 1.82) is 0 Å². The molecule has 2 aromatic carbocycles. The molecule has 0 aliphatic heterocycles. The molecule has 3 N–H and O–H groups in total. The second kappa shape index (κ2) is 11.4. The highest BCUT2D eigenvalue weighted by atomic mass is 127. The Morgan fingerprint density at radius 3 is 2.28 bits per heavy atom. The molecule has 0 radical (unpaired) electrons. The fraction of sp³-hybridized carbons (Fsp3) is 0.278. The van der Waals surface area contributed by atoms with Gasteiger partial charge in [0.15, 0.2) is 5.96 Å². The molecule has 11 heteroatoms. The zero-order valence-corrected chi connectivity index (χ0v) is 17.5. The van der Waals surface area contributed by atoms with Gasteiger partial charge in [-0.15, -0.1) is 37.1 Å². The van der Waals surface area contributed by atoms with E-state index >= 15 is 0 Å². The van der Waals surface area contributed by atoms with Crippen LogP contribution in [-0.4, -0.2) is 23.8 Å². The number of non-ortho nitro benzene ring substituents is 1. The number of alkyl halides is 3. The van der Waals surface area contributed by atoms with E-state index in [1.54, 1.807) is 12.1 Å². The van der Waals surface area contributed by atoms with Crippen LogP contribution in [0.3, 0.4) is 0 Å². The normalized spacial score (nSPS) is 11.5. The SMILES string of the molecule is I.NC(=NCCCCc1ccc([N+](=O)[O-])cc1)Nc1ccc(OC(F)(F)F)cc1. The van der Waals surface area contributed by atoms with E-state index in [4.69, 9.17) is 5.73 Å². The number of unbranched alkanes of at least 4 members (excludes halogenated alkanes) is 1. The summed E-state index contributed by atoms with van der Waals surface area (Å²) in [4.78, 5) is 14.3. The Kier molecular flexibility index (Phi) is 9.65. The summed E-state index contributed by atoms with van der Waals surface area (Å²) >= 11 is 0. The first-order valence-electron chi connectivity index (χ1n) is 8.39. The molecule has 2 rings (SSSR count). The van der Waals surface area contributed by atoms with Crippen molar-refractivity contribution in [2.45, 2.75) is 25.6 Å². The number of aryl methyl sites for hydroxylation is 1. The van der Waals surface area contributed by atoms with Crippen molar-refractivity contribution in [2.75, 3.05) is 11.9 Å². The van der Waals surface area contributed by atoms with Crippen LogP contribution in [0.4, 0.5) is 24.5 Å². The highest BCUT2D eigenvalue weighted by Gasteiger charge is 2.30. The first-order chi connectivity index (χ1) is 13.2. The van der Waals surface area contributed by atoms with Gasteiger partial charge in [-0.05, 0) is 49.1 Å². The van der Waals surface area contributed by atoms with Crippen molar-refractivity contribution < 1.29 is 22.8 Å². The molecule has 0 aliphatic carbocycles. The first kappa shape index (κ1) is 24.5. The molecule has 0 saturated heterocycles. The molecule has 0 amide bonds. The van der Waals surface area contributed by atoms with Gasteiger partial charge in [0.25, 0.3) is 5.69 Å². The van der Waals surface area contributed by atoms with Gasteiger partial charge >= 0.3 is 6.36 Å². The lowest BCUT2D eigenvalue weighted by atomic mass is 10.1. The molecule has 0 saturated carbocycles. The second-order valence-corrected chi connectivity index (χ2v) is 5.84. The number of guanidine groups is 1. The number of rotatable bonds is 8. The number of nitro groups is 1. The number of aliphatic imine (C=N–C) groups is 1.